The van der Waals surface area contributed by atoms with Crippen molar-refractivity contribution in [1.82, 2.24) is 9.78 Å². The summed E-state index contributed by atoms with van der Waals surface area (Å²) in [6.45, 7) is 3.81. The number of nitrogens with zero attached hydrogens (tertiary/aromatic N) is 2. The highest BCUT2D eigenvalue weighted by atomic mass is 32.3. The lowest BCUT2D eigenvalue weighted by Gasteiger charge is -2.02. The van der Waals surface area contributed by atoms with Gasteiger partial charge in [0.15, 0.2) is 0 Å². The van der Waals surface area contributed by atoms with Crippen LogP contribution in [0.25, 0.3) is 0 Å². The zero-order valence-electron chi connectivity index (χ0n) is 7.44. The molecule has 0 unspecified atom stereocenters. The second-order valence-electron chi connectivity index (χ2n) is 3.11. The van der Waals surface area contributed by atoms with Gasteiger partial charge in [-0.2, -0.15) is 13.5 Å². The van der Waals surface area contributed by atoms with Crippen LogP contribution in [0, 0.1) is 0 Å². The molecule has 1 aromatic rings. The van der Waals surface area contributed by atoms with Gasteiger partial charge < -0.3 is 0 Å². The lowest BCUT2D eigenvalue weighted by Crippen LogP contribution is -2.00. The highest BCUT2D eigenvalue weighted by Gasteiger charge is 2.11. The first-order valence-electron chi connectivity index (χ1n) is 3.84. The van der Waals surface area contributed by atoms with Crippen LogP contribution in [-0.2, 0) is 16.0 Å². The van der Waals surface area contributed by atoms with Crippen molar-refractivity contribution >= 4 is 10.2 Å². The molecule has 0 fully saturated rings. The van der Waals surface area contributed by atoms with Crippen LogP contribution < -0.4 is 0 Å². The standard InChI is InChI=1S/C7H11FN2O2S/c1-6(2)10-4-7(3-9-10)5-13(8,11)12/h3-4,6H,5H2,1-2H3. The summed E-state index contributed by atoms with van der Waals surface area (Å²) in [5, 5.41) is 3.89. The Balaban J connectivity index is 2.81. The molecule has 0 N–H and O–H groups in total. The largest absolute Gasteiger partial charge is 0.306 e. The van der Waals surface area contributed by atoms with Crippen LogP contribution in [0.5, 0.6) is 0 Å². The summed E-state index contributed by atoms with van der Waals surface area (Å²) >= 11 is 0. The normalized spacial score (nSPS) is 12.3. The zero-order valence-corrected chi connectivity index (χ0v) is 8.25. The molecule has 0 saturated carbocycles. The van der Waals surface area contributed by atoms with Gasteiger partial charge in [-0.25, -0.2) is 0 Å². The van der Waals surface area contributed by atoms with Gasteiger partial charge in [0.1, 0.15) is 5.75 Å². The van der Waals surface area contributed by atoms with Gasteiger partial charge in [0.2, 0.25) is 0 Å². The second kappa shape index (κ2) is 3.45. The van der Waals surface area contributed by atoms with Crippen molar-refractivity contribution in [3.63, 3.8) is 0 Å². The molecule has 0 radical (unpaired) electrons. The molecule has 74 valence electrons. The predicted octanol–water partition coefficient (Wildman–Crippen LogP) is 1.26. The summed E-state index contributed by atoms with van der Waals surface area (Å²) in [4.78, 5) is 0. The third-order valence-corrected chi connectivity index (χ3v) is 2.20. The van der Waals surface area contributed by atoms with Crippen LogP contribution in [0.4, 0.5) is 3.89 Å². The molecule has 1 heterocycles. The average Bonchev–Trinajstić information content (AvgIpc) is 2.31. The van der Waals surface area contributed by atoms with Crippen molar-refractivity contribution in [3.8, 4) is 0 Å². The van der Waals surface area contributed by atoms with E-state index in [0.29, 0.717) is 5.56 Å². The van der Waals surface area contributed by atoms with Crippen LogP contribution >= 0.6 is 0 Å². The maximum Gasteiger partial charge on any atom is 0.306 e. The van der Waals surface area contributed by atoms with Gasteiger partial charge in [-0.3, -0.25) is 4.68 Å². The molecular weight excluding hydrogens is 195 g/mol. The molecule has 0 atom stereocenters. The van der Waals surface area contributed by atoms with Gasteiger partial charge in [-0.05, 0) is 13.8 Å². The zero-order chi connectivity index (χ0) is 10.1. The van der Waals surface area contributed by atoms with E-state index >= 15 is 0 Å². The smallest absolute Gasteiger partial charge is 0.270 e. The van der Waals surface area contributed by atoms with Gasteiger partial charge in [0, 0.05) is 17.8 Å². The molecule has 1 rings (SSSR count). The topological polar surface area (TPSA) is 52.0 Å². The molecule has 0 amide bonds. The number of hydrogen-bond donors (Lipinski definition) is 0. The van der Waals surface area contributed by atoms with E-state index in [1.165, 1.54) is 12.4 Å². The number of halogens is 1. The maximum atomic E-state index is 12.2. The van der Waals surface area contributed by atoms with E-state index in [-0.39, 0.29) is 6.04 Å². The fraction of sp³-hybridized carbons (Fsp3) is 0.571. The first-order chi connectivity index (χ1) is 5.88. The van der Waals surface area contributed by atoms with Crippen molar-refractivity contribution in [1.29, 1.82) is 0 Å². The Morgan fingerprint density at radius 2 is 2.23 bits per heavy atom. The minimum absolute atomic E-state index is 0.149. The highest BCUT2D eigenvalue weighted by Crippen LogP contribution is 2.09. The first-order valence-corrected chi connectivity index (χ1v) is 5.39. The molecule has 0 aliphatic carbocycles. The van der Waals surface area contributed by atoms with Crippen molar-refractivity contribution < 1.29 is 12.3 Å². The Labute approximate surface area is 76.6 Å². The minimum atomic E-state index is -4.44. The molecule has 0 aromatic carbocycles. The molecule has 6 heteroatoms. The van der Waals surface area contributed by atoms with Crippen LogP contribution in [0.3, 0.4) is 0 Å². The molecule has 0 spiro atoms. The number of hydrogen-bond acceptors (Lipinski definition) is 3. The molecule has 13 heavy (non-hydrogen) atoms. The van der Waals surface area contributed by atoms with Crippen LogP contribution in [0.2, 0.25) is 0 Å². The lowest BCUT2D eigenvalue weighted by atomic mass is 10.4. The fourth-order valence-electron chi connectivity index (χ4n) is 0.933. The monoisotopic (exact) mass is 206 g/mol. The highest BCUT2D eigenvalue weighted by molar-refractivity contribution is 7.85. The van der Waals surface area contributed by atoms with Crippen LogP contribution in [-0.4, -0.2) is 18.2 Å². The van der Waals surface area contributed by atoms with E-state index in [0.717, 1.165) is 0 Å². The molecule has 4 nitrogen and oxygen atoms in total. The predicted molar refractivity (Wildman–Crippen MR) is 46.3 cm³/mol. The number of aromatic nitrogens is 2. The van der Waals surface area contributed by atoms with E-state index in [9.17, 15) is 12.3 Å². The molecule has 0 aliphatic heterocycles. The Kier molecular flexibility index (Phi) is 2.70. The molecule has 0 saturated heterocycles. The second-order valence-corrected chi connectivity index (χ2v) is 4.47. The van der Waals surface area contributed by atoms with E-state index in [1.54, 1.807) is 4.68 Å². The Bertz CT molecular complexity index is 383. The fourth-order valence-corrected chi connectivity index (χ4v) is 1.48. The summed E-state index contributed by atoms with van der Waals surface area (Å²) in [7, 11) is -4.44. The van der Waals surface area contributed by atoms with Crippen molar-refractivity contribution in [2.75, 3.05) is 0 Å². The summed E-state index contributed by atoms with van der Waals surface area (Å²) in [5.74, 6) is -0.598. The molecular formula is C7H11FN2O2S. The van der Waals surface area contributed by atoms with Gasteiger partial charge in [-0.15, -0.1) is 3.89 Å². The molecule has 1 aromatic heterocycles. The van der Waals surface area contributed by atoms with Gasteiger partial charge >= 0.3 is 10.2 Å². The first kappa shape index (κ1) is 10.2. The Morgan fingerprint density at radius 3 is 2.62 bits per heavy atom. The van der Waals surface area contributed by atoms with Gasteiger partial charge in [0.25, 0.3) is 0 Å². The van der Waals surface area contributed by atoms with Gasteiger partial charge in [-0.1, -0.05) is 0 Å². The van der Waals surface area contributed by atoms with Crippen molar-refractivity contribution in [2.45, 2.75) is 25.6 Å². The third-order valence-electron chi connectivity index (χ3n) is 1.52. The number of rotatable bonds is 3. The van der Waals surface area contributed by atoms with E-state index in [4.69, 9.17) is 0 Å². The summed E-state index contributed by atoms with van der Waals surface area (Å²) in [6, 6.07) is 0.149. The van der Waals surface area contributed by atoms with Crippen molar-refractivity contribution in [2.24, 2.45) is 0 Å². The minimum Gasteiger partial charge on any atom is -0.270 e. The Morgan fingerprint density at radius 1 is 1.62 bits per heavy atom. The lowest BCUT2D eigenvalue weighted by molar-refractivity contribution is 0.531. The third kappa shape index (κ3) is 3.14. The van der Waals surface area contributed by atoms with Crippen LogP contribution in [0.1, 0.15) is 25.5 Å². The van der Waals surface area contributed by atoms with E-state index < -0.39 is 16.0 Å². The summed E-state index contributed by atoms with van der Waals surface area (Å²) < 4.78 is 34.4. The van der Waals surface area contributed by atoms with Crippen molar-refractivity contribution in [3.05, 3.63) is 18.0 Å². The average molecular weight is 206 g/mol. The molecule has 0 bridgehead atoms. The molecule has 0 aliphatic rings. The van der Waals surface area contributed by atoms with Gasteiger partial charge in [0.05, 0.1) is 6.20 Å². The Hall–Kier alpha value is -0.910. The maximum absolute atomic E-state index is 12.2. The quantitative estimate of drug-likeness (QED) is 0.700. The summed E-state index contributed by atoms with van der Waals surface area (Å²) in [6.07, 6.45) is 2.89. The van der Waals surface area contributed by atoms with Crippen LogP contribution in [0.15, 0.2) is 12.4 Å². The summed E-state index contributed by atoms with van der Waals surface area (Å²) in [5.41, 5.74) is 0.371. The van der Waals surface area contributed by atoms with E-state index in [1.807, 2.05) is 13.8 Å². The SMILES string of the molecule is CC(C)n1cc(CS(=O)(=O)F)cn1. The van der Waals surface area contributed by atoms with E-state index in [2.05, 4.69) is 5.10 Å².